The Morgan fingerprint density at radius 1 is 1.47 bits per heavy atom. The molecule has 1 saturated heterocycles. The summed E-state index contributed by atoms with van der Waals surface area (Å²) in [6, 6.07) is -0.179. The summed E-state index contributed by atoms with van der Waals surface area (Å²) in [6.45, 7) is 6.21. The number of hydrogen-bond acceptors (Lipinski definition) is 5. The number of carboxylic acid groups (broad SMARTS) is 1. The van der Waals surface area contributed by atoms with E-state index in [0.29, 0.717) is 13.1 Å². The van der Waals surface area contributed by atoms with Crippen LogP contribution in [-0.4, -0.2) is 58.8 Å². The molecule has 1 fully saturated rings. The fourth-order valence-electron chi connectivity index (χ4n) is 2.08. The van der Waals surface area contributed by atoms with Crippen LogP contribution < -0.4 is 0 Å². The van der Waals surface area contributed by atoms with Gasteiger partial charge in [0.15, 0.2) is 5.90 Å². The Labute approximate surface area is 111 Å². The van der Waals surface area contributed by atoms with Crippen LogP contribution in [0.5, 0.6) is 0 Å². The van der Waals surface area contributed by atoms with Crippen LogP contribution in [0.3, 0.4) is 0 Å². The molecule has 0 radical (unpaired) electrons. The zero-order valence-electron chi connectivity index (χ0n) is 11.3. The lowest BCUT2D eigenvalue weighted by Gasteiger charge is -2.24. The fourth-order valence-corrected chi connectivity index (χ4v) is 2.08. The predicted molar refractivity (Wildman–Crippen MR) is 66.2 cm³/mol. The lowest BCUT2D eigenvalue weighted by atomic mass is 10.2. The maximum atomic E-state index is 11.9. The third-order valence-corrected chi connectivity index (χ3v) is 2.79. The number of carbonyl (C=O) groups is 2. The summed E-state index contributed by atoms with van der Waals surface area (Å²) in [5.41, 5.74) is -0.534. The van der Waals surface area contributed by atoms with Crippen molar-refractivity contribution >= 4 is 18.0 Å². The van der Waals surface area contributed by atoms with Gasteiger partial charge in [0.05, 0.1) is 13.1 Å². The highest BCUT2D eigenvalue weighted by Gasteiger charge is 2.42. The molecule has 1 N–H and O–H groups in total. The van der Waals surface area contributed by atoms with Crippen molar-refractivity contribution in [2.24, 2.45) is 4.99 Å². The van der Waals surface area contributed by atoms with Crippen LogP contribution in [-0.2, 0) is 14.3 Å². The number of amides is 1. The molecule has 0 spiro atoms. The van der Waals surface area contributed by atoms with Crippen LogP contribution in [0, 0.1) is 0 Å². The molecule has 2 heterocycles. The summed E-state index contributed by atoms with van der Waals surface area (Å²) in [5.74, 6) is -0.728. The predicted octanol–water partition coefficient (Wildman–Crippen LogP) is 0.878. The molecule has 0 saturated carbocycles. The van der Waals surface area contributed by atoms with Crippen molar-refractivity contribution in [2.75, 3.05) is 13.1 Å². The largest absolute Gasteiger partial charge is 0.481 e. The highest BCUT2D eigenvalue weighted by Crippen LogP contribution is 2.25. The first-order chi connectivity index (χ1) is 8.74. The number of likely N-dealkylation sites (tertiary alicyclic amines) is 1. The molecule has 2 atom stereocenters. The van der Waals surface area contributed by atoms with Gasteiger partial charge in [0.1, 0.15) is 24.2 Å². The van der Waals surface area contributed by atoms with E-state index in [0.717, 1.165) is 0 Å². The Bertz CT molecular complexity index is 426. The van der Waals surface area contributed by atoms with E-state index in [1.807, 2.05) is 0 Å². The molecule has 0 aliphatic carbocycles. The number of ether oxygens (including phenoxy) is 2. The molecule has 2 rings (SSSR count). The number of aliphatic imine (C=N–C) groups is 1. The summed E-state index contributed by atoms with van der Waals surface area (Å²) in [6.07, 6.45) is -0.846. The van der Waals surface area contributed by atoms with E-state index in [-0.39, 0.29) is 30.6 Å². The minimum absolute atomic E-state index is 0.179. The van der Waals surface area contributed by atoms with Crippen molar-refractivity contribution in [3.63, 3.8) is 0 Å². The van der Waals surface area contributed by atoms with E-state index in [1.54, 1.807) is 25.7 Å². The molecule has 2 unspecified atom stereocenters. The third-order valence-electron chi connectivity index (χ3n) is 2.79. The molecule has 1 amide bonds. The number of fused-ring (bicyclic) bond motifs is 1. The summed E-state index contributed by atoms with van der Waals surface area (Å²) in [7, 11) is 0. The van der Waals surface area contributed by atoms with Crippen molar-refractivity contribution in [3.05, 3.63) is 0 Å². The Hall–Kier alpha value is -1.79. The van der Waals surface area contributed by atoms with Gasteiger partial charge in [-0.15, -0.1) is 0 Å². The number of aliphatic carboxylic acids is 1. The highest BCUT2D eigenvalue weighted by atomic mass is 16.6. The number of carboxylic acids is 1. The van der Waals surface area contributed by atoms with Gasteiger partial charge in [-0.2, -0.15) is 0 Å². The van der Waals surface area contributed by atoms with Crippen LogP contribution in [0.1, 0.15) is 27.2 Å². The Morgan fingerprint density at radius 3 is 2.68 bits per heavy atom. The van der Waals surface area contributed by atoms with Crippen molar-refractivity contribution in [1.29, 1.82) is 0 Å². The second-order valence-electron chi connectivity index (χ2n) is 5.70. The molecule has 7 nitrogen and oxygen atoms in total. The van der Waals surface area contributed by atoms with Crippen LogP contribution >= 0.6 is 0 Å². The van der Waals surface area contributed by atoms with Crippen molar-refractivity contribution < 1.29 is 24.2 Å². The van der Waals surface area contributed by atoms with E-state index in [1.165, 1.54) is 0 Å². The molecule has 106 valence electrons. The maximum absolute atomic E-state index is 11.9. The number of hydrogen-bond donors (Lipinski definition) is 1. The second-order valence-corrected chi connectivity index (χ2v) is 5.70. The number of carbonyl (C=O) groups excluding carboxylic acids is 1. The first-order valence-corrected chi connectivity index (χ1v) is 6.17. The summed E-state index contributed by atoms with van der Waals surface area (Å²) in [5, 5.41) is 8.66. The van der Waals surface area contributed by atoms with Gasteiger partial charge in [-0.25, -0.2) is 9.79 Å². The SMILES string of the molecule is CC(C)(C)OC(=O)N1CC2N=C(CC(=O)O)OC2C1. The van der Waals surface area contributed by atoms with Crippen molar-refractivity contribution in [1.82, 2.24) is 4.90 Å². The minimum Gasteiger partial charge on any atom is -0.481 e. The monoisotopic (exact) mass is 270 g/mol. The third kappa shape index (κ3) is 3.36. The summed E-state index contributed by atoms with van der Waals surface area (Å²) >= 11 is 0. The quantitative estimate of drug-likeness (QED) is 0.804. The molecule has 0 aromatic rings. The molecular weight excluding hydrogens is 252 g/mol. The molecule has 0 aromatic heterocycles. The normalized spacial score (nSPS) is 25.6. The van der Waals surface area contributed by atoms with E-state index in [2.05, 4.69) is 4.99 Å². The van der Waals surface area contributed by atoms with Gasteiger partial charge in [-0.3, -0.25) is 4.79 Å². The van der Waals surface area contributed by atoms with E-state index in [9.17, 15) is 9.59 Å². The van der Waals surface area contributed by atoms with Gasteiger partial charge in [0.25, 0.3) is 0 Å². The molecule has 7 heteroatoms. The van der Waals surface area contributed by atoms with Crippen molar-refractivity contribution in [3.8, 4) is 0 Å². The van der Waals surface area contributed by atoms with Gasteiger partial charge in [-0.05, 0) is 20.8 Å². The maximum Gasteiger partial charge on any atom is 0.410 e. The average Bonchev–Trinajstić information content (AvgIpc) is 2.70. The Morgan fingerprint density at radius 2 is 2.16 bits per heavy atom. The van der Waals surface area contributed by atoms with E-state index in [4.69, 9.17) is 14.6 Å². The van der Waals surface area contributed by atoms with Crippen LogP contribution in [0.4, 0.5) is 4.79 Å². The molecule has 2 aliphatic heterocycles. The van der Waals surface area contributed by atoms with E-state index < -0.39 is 11.6 Å². The molecular formula is C12H18N2O5. The van der Waals surface area contributed by atoms with E-state index >= 15 is 0 Å². The van der Waals surface area contributed by atoms with Crippen LogP contribution in [0.25, 0.3) is 0 Å². The lowest BCUT2D eigenvalue weighted by Crippen LogP contribution is -2.36. The van der Waals surface area contributed by atoms with Crippen LogP contribution in [0.2, 0.25) is 0 Å². The number of nitrogens with zero attached hydrogens (tertiary/aromatic N) is 2. The molecule has 0 bridgehead atoms. The van der Waals surface area contributed by atoms with Gasteiger partial charge < -0.3 is 19.5 Å². The minimum atomic E-state index is -0.970. The van der Waals surface area contributed by atoms with Gasteiger partial charge in [0, 0.05) is 0 Å². The van der Waals surface area contributed by atoms with Crippen LogP contribution in [0.15, 0.2) is 4.99 Å². The Kier molecular flexibility index (Phi) is 3.38. The fraction of sp³-hybridized carbons (Fsp3) is 0.750. The smallest absolute Gasteiger partial charge is 0.410 e. The second kappa shape index (κ2) is 4.71. The summed E-state index contributed by atoms with van der Waals surface area (Å²) in [4.78, 5) is 28.1. The lowest BCUT2D eigenvalue weighted by molar-refractivity contribution is -0.135. The van der Waals surface area contributed by atoms with Gasteiger partial charge in [0.2, 0.25) is 0 Å². The zero-order valence-corrected chi connectivity index (χ0v) is 11.3. The van der Waals surface area contributed by atoms with Gasteiger partial charge >= 0.3 is 12.1 Å². The van der Waals surface area contributed by atoms with Crippen molar-refractivity contribution in [2.45, 2.75) is 44.9 Å². The molecule has 19 heavy (non-hydrogen) atoms. The zero-order chi connectivity index (χ0) is 14.2. The van der Waals surface area contributed by atoms with Gasteiger partial charge in [-0.1, -0.05) is 0 Å². The summed E-state index contributed by atoms with van der Waals surface area (Å²) < 4.78 is 10.7. The topological polar surface area (TPSA) is 88.4 Å². The molecule has 0 aromatic carbocycles. The first kappa shape index (κ1) is 13.6. The standard InChI is InChI=1S/C12H18N2O5/c1-12(2,3)19-11(17)14-5-7-8(6-14)18-9(13-7)4-10(15)16/h7-8H,4-6H2,1-3H3,(H,15,16). The number of rotatable bonds is 2. The Balaban J connectivity index is 1.91. The highest BCUT2D eigenvalue weighted by molar-refractivity contribution is 5.94. The molecule has 2 aliphatic rings. The first-order valence-electron chi connectivity index (χ1n) is 6.17. The average molecular weight is 270 g/mol.